The molecule has 0 aliphatic carbocycles. The van der Waals surface area contributed by atoms with E-state index in [1.165, 1.54) is 17.7 Å². The van der Waals surface area contributed by atoms with E-state index in [0.717, 1.165) is 6.07 Å². The minimum Gasteiger partial charge on any atom is -0.382 e. The molecule has 110 valence electrons. The van der Waals surface area contributed by atoms with Crippen LogP contribution >= 0.6 is 11.6 Å². The quantitative estimate of drug-likeness (QED) is 0.770. The summed E-state index contributed by atoms with van der Waals surface area (Å²) in [4.78, 5) is 4.21. The summed E-state index contributed by atoms with van der Waals surface area (Å²) in [5.41, 5.74) is 0.464. The van der Waals surface area contributed by atoms with Gasteiger partial charge in [0.05, 0.1) is 30.7 Å². The number of hydrogen-bond donors (Lipinski definition) is 0. The molecular weight excluding hydrogens is 290 g/mol. The predicted molar refractivity (Wildman–Crippen MR) is 71.9 cm³/mol. The van der Waals surface area contributed by atoms with Gasteiger partial charge in [-0.25, -0.2) is 13.8 Å². The molecule has 0 saturated heterocycles. The van der Waals surface area contributed by atoms with Crippen molar-refractivity contribution in [3.63, 3.8) is 0 Å². The average molecular weight is 305 g/mol. The number of methoxy groups -OCH3 is 2. The van der Waals surface area contributed by atoms with Crippen LogP contribution in [-0.2, 0) is 21.9 Å². The minimum absolute atomic E-state index is 0.0961. The molecule has 1 atom stereocenters. The van der Waals surface area contributed by atoms with Crippen LogP contribution in [0.25, 0.3) is 11.0 Å². The Morgan fingerprint density at radius 1 is 1.35 bits per heavy atom. The second-order valence-corrected chi connectivity index (χ2v) is 4.58. The maximum absolute atomic E-state index is 14.0. The largest absolute Gasteiger partial charge is 0.382 e. The van der Waals surface area contributed by atoms with E-state index in [1.807, 2.05) is 0 Å². The Balaban J connectivity index is 2.51. The summed E-state index contributed by atoms with van der Waals surface area (Å²) < 4.78 is 39.2. The van der Waals surface area contributed by atoms with Gasteiger partial charge in [0.25, 0.3) is 0 Å². The summed E-state index contributed by atoms with van der Waals surface area (Å²) in [6, 6.07) is 2.48. The second kappa shape index (κ2) is 6.47. The molecule has 2 rings (SSSR count). The molecule has 1 aromatic heterocycles. The third-order valence-corrected chi connectivity index (χ3v) is 3.31. The van der Waals surface area contributed by atoms with Crippen molar-refractivity contribution in [3.8, 4) is 0 Å². The van der Waals surface area contributed by atoms with Crippen LogP contribution in [0.5, 0.6) is 0 Å². The Labute approximate surface area is 120 Å². The number of fused-ring (bicyclic) bond motifs is 1. The van der Waals surface area contributed by atoms with Crippen LogP contribution in [0, 0.1) is 11.6 Å². The summed E-state index contributed by atoms with van der Waals surface area (Å²) in [5.74, 6) is -1.29. The van der Waals surface area contributed by atoms with Gasteiger partial charge in [0.1, 0.15) is 11.3 Å². The zero-order valence-electron chi connectivity index (χ0n) is 11.2. The van der Waals surface area contributed by atoms with Crippen molar-refractivity contribution >= 4 is 22.6 Å². The number of imidazole rings is 1. The summed E-state index contributed by atoms with van der Waals surface area (Å²) in [6.07, 6.45) is -0.304. The van der Waals surface area contributed by atoms with E-state index in [-0.39, 0.29) is 24.0 Å². The number of ether oxygens (including phenoxy) is 2. The molecule has 0 saturated carbocycles. The van der Waals surface area contributed by atoms with Crippen LogP contribution in [0.2, 0.25) is 0 Å². The van der Waals surface area contributed by atoms with Crippen LogP contribution in [-0.4, -0.2) is 36.5 Å². The van der Waals surface area contributed by atoms with Gasteiger partial charge in [0, 0.05) is 14.2 Å². The predicted octanol–water partition coefficient (Wildman–Crippen LogP) is 2.71. The first kappa shape index (κ1) is 15.2. The highest BCUT2D eigenvalue weighted by atomic mass is 35.5. The van der Waals surface area contributed by atoms with Gasteiger partial charge >= 0.3 is 0 Å². The molecule has 0 N–H and O–H groups in total. The lowest BCUT2D eigenvalue weighted by Crippen LogP contribution is -2.24. The van der Waals surface area contributed by atoms with E-state index in [4.69, 9.17) is 21.1 Å². The summed E-state index contributed by atoms with van der Waals surface area (Å²) in [7, 11) is 3.07. The molecular formula is C13H15ClF2N2O2. The summed E-state index contributed by atoms with van der Waals surface area (Å²) in [6.45, 7) is 0.609. The van der Waals surface area contributed by atoms with Crippen LogP contribution < -0.4 is 0 Å². The Morgan fingerprint density at radius 2 is 2.10 bits per heavy atom. The average Bonchev–Trinajstić information content (AvgIpc) is 2.81. The first-order chi connectivity index (χ1) is 9.62. The van der Waals surface area contributed by atoms with E-state index in [1.54, 1.807) is 7.11 Å². The first-order valence-corrected chi connectivity index (χ1v) is 6.56. The highest BCUT2D eigenvalue weighted by Crippen LogP contribution is 2.23. The van der Waals surface area contributed by atoms with Crippen LogP contribution in [0.15, 0.2) is 12.1 Å². The zero-order chi connectivity index (χ0) is 14.7. The topological polar surface area (TPSA) is 36.3 Å². The number of alkyl halides is 1. The molecule has 0 spiro atoms. The summed E-state index contributed by atoms with van der Waals surface area (Å²) in [5, 5.41) is 0. The molecule has 0 bridgehead atoms. The number of halogens is 3. The van der Waals surface area contributed by atoms with Gasteiger partial charge in [-0.15, -0.1) is 11.6 Å². The lowest BCUT2D eigenvalue weighted by molar-refractivity contribution is 0.0185. The summed E-state index contributed by atoms with van der Waals surface area (Å²) >= 11 is 5.83. The molecule has 0 fully saturated rings. The number of nitrogens with zero attached hydrogens (tertiary/aromatic N) is 2. The van der Waals surface area contributed by atoms with Crippen molar-refractivity contribution in [2.75, 3.05) is 20.8 Å². The molecule has 4 nitrogen and oxygen atoms in total. The normalized spacial score (nSPS) is 13.1. The van der Waals surface area contributed by atoms with Crippen molar-refractivity contribution < 1.29 is 18.3 Å². The Morgan fingerprint density at radius 3 is 2.70 bits per heavy atom. The Bertz CT molecular complexity index is 604. The molecule has 1 unspecified atom stereocenters. The highest BCUT2D eigenvalue weighted by Gasteiger charge is 2.19. The van der Waals surface area contributed by atoms with Gasteiger partial charge in [-0.3, -0.25) is 0 Å². The van der Waals surface area contributed by atoms with Gasteiger partial charge in [0.2, 0.25) is 0 Å². The third kappa shape index (κ3) is 2.77. The van der Waals surface area contributed by atoms with Crippen LogP contribution in [0.1, 0.15) is 5.82 Å². The fourth-order valence-corrected chi connectivity index (χ4v) is 2.29. The molecule has 0 radical (unpaired) electrons. The van der Waals surface area contributed by atoms with E-state index >= 15 is 0 Å². The van der Waals surface area contributed by atoms with Crippen molar-refractivity contribution in [1.82, 2.24) is 9.55 Å². The number of benzene rings is 1. The maximum atomic E-state index is 14.0. The Kier molecular flexibility index (Phi) is 4.91. The lowest BCUT2D eigenvalue weighted by Gasteiger charge is -2.17. The molecule has 7 heteroatoms. The van der Waals surface area contributed by atoms with Crippen molar-refractivity contribution in [2.24, 2.45) is 0 Å². The number of rotatable bonds is 6. The van der Waals surface area contributed by atoms with Crippen LogP contribution in [0.4, 0.5) is 8.78 Å². The van der Waals surface area contributed by atoms with E-state index in [0.29, 0.717) is 17.9 Å². The van der Waals surface area contributed by atoms with Crippen molar-refractivity contribution in [2.45, 2.75) is 18.5 Å². The monoisotopic (exact) mass is 304 g/mol. The first-order valence-electron chi connectivity index (χ1n) is 6.03. The smallest absolute Gasteiger partial charge is 0.184 e. The van der Waals surface area contributed by atoms with Crippen LogP contribution in [0.3, 0.4) is 0 Å². The molecule has 0 aliphatic heterocycles. The maximum Gasteiger partial charge on any atom is 0.184 e. The standard InChI is InChI=1S/C13H15ClF2N2O2/c1-19-7-8(20-2)6-18-11(5-14)17-10-4-3-9(15)12(16)13(10)18/h3-4,8H,5-7H2,1-2H3. The SMILES string of the molecule is COCC(Cn1c(CCl)nc2ccc(F)c(F)c21)OC. The van der Waals surface area contributed by atoms with Crippen molar-refractivity contribution in [1.29, 1.82) is 0 Å². The fraction of sp³-hybridized carbons (Fsp3) is 0.462. The zero-order valence-corrected chi connectivity index (χ0v) is 12.0. The number of aromatic nitrogens is 2. The second-order valence-electron chi connectivity index (χ2n) is 4.31. The van der Waals surface area contributed by atoms with Gasteiger partial charge in [-0.05, 0) is 12.1 Å². The minimum atomic E-state index is -0.932. The van der Waals surface area contributed by atoms with E-state index in [2.05, 4.69) is 4.98 Å². The Hall–Kier alpha value is -1.24. The van der Waals surface area contributed by atoms with Gasteiger partial charge in [0.15, 0.2) is 11.6 Å². The lowest BCUT2D eigenvalue weighted by atomic mass is 10.2. The van der Waals surface area contributed by atoms with Crippen molar-refractivity contribution in [3.05, 3.63) is 29.6 Å². The third-order valence-electron chi connectivity index (χ3n) is 3.07. The van der Waals surface area contributed by atoms with E-state index in [9.17, 15) is 8.78 Å². The molecule has 1 aromatic carbocycles. The van der Waals surface area contributed by atoms with Gasteiger partial charge in [-0.2, -0.15) is 0 Å². The molecule has 0 amide bonds. The highest BCUT2D eigenvalue weighted by molar-refractivity contribution is 6.16. The number of hydrogen-bond acceptors (Lipinski definition) is 3. The molecule has 2 aromatic rings. The fourth-order valence-electron chi connectivity index (χ4n) is 2.09. The molecule has 0 aliphatic rings. The molecule has 20 heavy (non-hydrogen) atoms. The molecule has 1 heterocycles. The van der Waals surface area contributed by atoms with E-state index < -0.39 is 11.6 Å². The van der Waals surface area contributed by atoms with Gasteiger partial charge < -0.3 is 14.0 Å². The van der Waals surface area contributed by atoms with Gasteiger partial charge in [-0.1, -0.05) is 0 Å².